The van der Waals surface area contributed by atoms with Crippen molar-refractivity contribution < 1.29 is 0 Å². The molecule has 0 radical (unpaired) electrons. The van der Waals surface area contributed by atoms with Gasteiger partial charge < -0.3 is 11.1 Å². The second-order valence-corrected chi connectivity index (χ2v) is 7.31. The van der Waals surface area contributed by atoms with Crippen LogP contribution < -0.4 is 16.6 Å². The van der Waals surface area contributed by atoms with Gasteiger partial charge in [-0.15, -0.1) is 0 Å². The van der Waals surface area contributed by atoms with E-state index in [2.05, 4.69) is 10.3 Å². The largest absolute Gasteiger partial charge is 0.383 e. The summed E-state index contributed by atoms with van der Waals surface area (Å²) in [7, 11) is 0. The van der Waals surface area contributed by atoms with Crippen LogP contribution in [0.5, 0.6) is 0 Å². The van der Waals surface area contributed by atoms with Gasteiger partial charge in [-0.1, -0.05) is 48.0 Å². The lowest BCUT2D eigenvalue weighted by Crippen LogP contribution is -2.28. The Morgan fingerprint density at radius 3 is 2.66 bits per heavy atom. The molecular formula is C23H21ClN4O. The van der Waals surface area contributed by atoms with Crippen LogP contribution in [0.4, 0.5) is 5.82 Å². The fraction of sp³-hybridized carbons (Fsp3) is 0.130. The maximum absolute atomic E-state index is 13.4. The predicted octanol–water partition coefficient (Wildman–Crippen LogP) is 4.47. The van der Waals surface area contributed by atoms with Crippen molar-refractivity contribution in [1.29, 1.82) is 0 Å². The number of halogens is 1. The summed E-state index contributed by atoms with van der Waals surface area (Å²) in [4.78, 5) is 17.6. The molecule has 1 unspecified atom stereocenters. The normalized spacial score (nSPS) is 12.2. The summed E-state index contributed by atoms with van der Waals surface area (Å²) in [5.41, 5.74) is 8.38. The average Bonchev–Trinajstić information content (AvgIpc) is 2.73. The minimum Gasteiger partial charge on any atom is -0.383 e. The third kappa shape index (κ3) is 3.75. The van der Waals surface area contributed by atoms with Crippen molar-refractivity contribution in [1.82, 2.24) is 14.9 Å². The van der Waals surface area contributed by atoms with Crippen molar-refractivity contribution in [3.63, 3.8) is 0 Å². The highest BCUT2D eigenvalue weighted by molar-refractivity contribution is 6.35. The summed E-state index contributed by atoms with van der Waals surface area (Å²) in [6.45, 7) is 2.56. The van der Waals surface area contributed by atoms with E-state index in [4.69, 9.17) is 17.3 Å². The van der Waals surface area contributed by atoms with Crippen molar-refractivity contribution in [3.05, 3.63) is 99.6 Å². The van der Waals surface area contributed by atoms with E-state index in [-0.39, 0.29) is 11.6 Å². The summed E-state index contributed by atoms with van der Waals surface area (Å²) in [6.07, 6.45) is 1.67. The highest BCUT2D eigenvalue weighted by Crippen LogP contribution is 2.25. The van der Waals surface area contributed by atoms with Crippen molar-refractivity contribution in [2.24, 2.45) is 0 Å². The minimum absolute atomic E-state index is 0.120. The average molecular weight is 405 g/mol. The van der Waals surface area contributed by atoms with Gasteiger partial charge in [0, 0.05) is 35.7 Å². The molecule has 2 aromatic carbocycles. The molecule has 4 rings (SSSR count). The first kappa shape index (κ1) is 19.2. The number of nitrogens with two attached hydrogens (primary N) is 1. The van der Waals surface area contributed by atoms with E-state index in [1.807, 2.05) is 67.6 Å². The van der Waals surface area contributed by atoms with Crippen LogP contribution in [0, 0.1) is 0 Å². The summed E-state index contributed by atoms with van der Waals surface area (Å²) >= 11 is 6.36. The molecule has 146 valence electrons. The van der Waals surface area contributed by atoms with Crippen LogP contribution in [0.15, 0.2) is 77.7 Å². The predicted molar refractivity (Wildman–Crippen MR) is 118 cm³/mol. The van der Waals surface area contributed by atoms with Gasteiger partial charge in [0.05, 0.1) is 10.4 Å². The Labute approximate surface area is 173 Å². The Bertz CT molecular complexity index is 1220. The Balaban J connectivity index is 1.82. The molecule has 0 amide bonds. The van der Waals surface area contributed by atoms with Crippen LogP contribution in [-0.4, -0.2) is 9.55 Å². The molecule has 0 aliphatic carbocycles. The van der Waals surface area contributed by atoms with Crippen LogP contribution in [0.25, 0.3) is 16.5 Å². The van der Waals surface area contributed by atoms with Crippen LogP contribution in [0.2, 0.25) is 5.02 Å². The van der Waals surface area contributed by atoms with E-state index >= 15 is 0 Å². The summed E-state index contributed by atoms with van der Waals surface area (Å²) < 4.78 is 1.72. The Morgan fingerprint density at radius 2 is 1.90 bits per heavy atom. The molecule has 3 N–H and O–H groups in total. The van der Waals surface area contributed by atoms with Crippen LogP contribution in [-0.2, 0) is 6.54 Å². The molecule has 6 heteroatoms. The van der Waals surface area contributed by atoms with Gasteiger partial charge in [0.2, 0.25) is 0 Å². The molecule has 0 aliphatic rings. The number of hydrogen-bond acceptors (Lipinski definition) is 4. The number of nitrogens with one attached hydrogen (secondary N) is 1. The number of nitrogens with zero attached hydrogens (tertiary/aromatic N) is 2. The molecule has 1 atom stereocenters. The summed E-state index contributed by atoms with van der Waals surface area (Å²) in [5, 5.41) is 5.25. The number of aromatic nitrogens is 2. The van der Waals surface area contributed by atoms with E-state index in [1.165, 1.54) is 0 Å². The van der Waals surface area contributed by atoms with E-state index < -0.39 is 0 Å². The van der Waals surface area contributed by atoms with Crippen molar-refractivity contribution in [2.75, 3.05) is 5.73 Å². The number of pyridine rings is 2. The molecular weight excluding hydrogens is 384 g/mol. The van der Waals surface area contributed by atoms with E-state index in [1.54, 1.807) is 16.8 Å². The first-order chi connectivity index (χ1) is 14.1. The minimum atomic E-state index is -0.135. The second kappa shape index (κ2) is 8.07. The highest BCUT2D eigenvalue weighted by Gasteiger charge is 2.17. The Kier molecular flexibility index (Phi) is 5.34. The number of para-hydroxylation sites is 1. The molecule has 5 nitrogen and oxygen atoms in total. The molecule has 2 aromatic heterocycles. The monoisotopic (exact) mass is 404 g/mol. The fourth-order valence-corrected chi connectivity index (χ4v) is 3.73. The third-order valence-electron chi connectivity index (χ3n) is 5.01. The molecule has 0 saturated carbocycles. The zero-order chi connectivity index (χ0) is 20.4. The quantitative estimate of drug-likeness (QED) is 0.514. The van der Waals surface area contributed by atoms with Gasteiger partial charge in [0.1, 0.15) is 5.82 Å². The zero-order valence-electron chi connectivity index (χ0n) is 16.0. The van der Waals surface area contributed by atoms with Gasteiger partial charge in [0.25, 0.3) is 5.56 Å². The lowest BCUT2D eigenvalue weighted by atomic mass is 10.1. The SMILES string of the molecule is CC(NCc1cccnc1N)c1cc2cccc(Cl)c2c(=O)n1-c1ccccc1. The van der Waals surface area contributed by atoms with E-state index in [0.717, 1.165) is 22.3 Å². The highest BCUT2D eigenvalue weighted by atomic mass is 35.5. The lowest BCUT2D eigenvalue weighted by molar-refractivity contribution is 0.549. The molecule has 29 heavy (non-hydrogen) atoms. The van der Waals surface area contributed by atoms with Gasteiger partial charge in [-0.05, 0) is 42.6 Å². The molecule has 4 aromatic rings. The molecule has 0 spiro atoms. The van der Waals surface area contributed by atoms with E-state index in [9.17, 15) is 4.79 Å². The molecule has 0 saturated heterocycles. The maximum Gasteiger partial charge on any atom is 0.264 e. The van der Waals surface area contributed by atoms with Crippen molar-refractivity contribution in [3.8, 4) is 5.69 Å². The van der Waals surface area contributed by atoms with Gasteiger partial charge in [0.15, 0.2) is 0 Å². The van der Waals surface area contributed by atoms with E-state index in [0.29, 0.717) is 22.8 Å². The topological polar surface area (TPSA) is 72.9 Å². The van der Waals surface area contributed by atoms with Crippen LogP contribution in [0.3, 0.4) is 0 Å². The second-order valence-electron chi connectivity index (χ2n) is 6.90. The summed E-state index contributed by atoms with van der Waals surface area (Å²) in [6, 6.07) is 20.8. The van der Waals surface area contributed by atoms with Crippen molar-refractivity contribution in [2.45, 2.75) is 19.5 Å². The molecule has 2 heterocycles. The van der Waals surface area contributed by atoms with Crippen LogP contribution >= 0.6 is 11.6 Å². The number of anilines is 1. The molecule has 0 bridgehead atoms. The Morgan fingerprint density at radius 1 is 1.10 bits per heavy atom. The molecule has 0 fully saturated rings. The van der Waals surface area contributed by atoms with Crippen molar-refractivity contribution >= 4 is 28.2 Å². The van der Waals surface area contributed by atoms with Gasteiger partial charge >= 0.3 is 0 Å². The number of nitrogen functional groups attached to an aromatic ring is 1. The Hall–Kier alpha value is -3.15. The van der Waals surface area contributed by atoms with Gasteiger partial charge in [-0.25, -0.2) is 4.98 Å². The number of rotatable bonds is 5. The molecule has 0 aliphatic heterocycles. The first-order valence-corrected chi connectivity index (χ1v) is 9.76. The van der Waals surface area contributed by atoms with Gasteiger partial charge in [-0.3, -0.25) is 9.36 Å². The fourth-order valence-electron chi connectivity index (χ4n) is 3.47. The van der Waals surface area contributed by atoms with Crippen LogP contribution in [0.1, 0.15) is 24.2 Å². The number of hydrogen-bond donors (Lipinski definition) is 2. The van der Waals surface area contributed by atoms with Gasteiger partial charge in [-0.2, -0.15) is 0 Å². The lowest BCUT2D eigenvalue weighted by Gasteiger charge is -2.21. The number of benzene rings is 2. The first-order valence-electron chi connectivity index (χ1n) is 9.38. The number of fused-ring (bicyclic) bond motifs is 1. The maximum atomic E-state index is 13.4. The smallest absolute Gasteiger partial charge is 0.264 e. The summed E-state index contributed by atoms with van der Waals surface area (Å²) in [5.74, 6) is 0.498. The zero-order valence-corrected chi connectivity index (χ0v) is 16.7. The standard InChI is InChI=1S/C23H21ClN4O/c1-15(27-14-17-8-6-12-26-22(17)25)20-13-16-7-5-11-19(24)21(16)23(29)28(20)18-9-3-2-4-10-18/h2-13,15,27H,14H2,1H3,(H2,25,26). The third-order valence-corrected chi connectivity index (χ3v) is 5.32.